The highest BCUT2D eigenvalue weighted by atomic mass is 32.1. The maximum atomic E-state index is 14.2. The Morgan fingerprint density at radius 1 is 0.938 bits per heavy atom. The van der Waals surface area contributed by atoms with E-state index < -0.39 is 18.1 Å². The lowest BCUT2D eigenvalue weighted by molar-refractivity contribution is -0.141. The standard InChI is InChI=1S/C48H51N9O7S/c1-27(2)44(48(61)56-25-35(58)20-40(56)47(60)52-28(3)31-10-12-33(13-11-31)45-29(4)50-26-65-45)42-22-43(55-64-42)63-19-18-62-36-16-14-32(15-17-36)30(5)57-24-34(23-51-57)38-21-39(53-54-46(38)49)37-8-6-7-9-41(37)59/h6-17,21-24,26-28,30,35,40,44,58-59H,18-20,25H2,1-5H3,(H2,49,54)(H,52,60)/t28-,30?,35+,40-,44?/m0/s1. The van der Waals surface area contributed by atoms with E-state index in [1.54, 1.807) is 47.9 Å². The molecular formula is C48H51N9O7S. The lowest BCUT2D eigenvalue weighted by atomic mass is 9.91. The number of benzene rings is 3. The van der Waals surface area contributed by atoms with Crippen LogP contribution in [0.15, 0.2) is 107 Å². The van der Waals surface area contributed by atoms with Gasteiger partial charge in [-0.2, -0.15) is 5.10 Å². The molecule has 336 valence electrons. The number of carbonyl (C=O) groups is 2. The number of nitrogens with zero attached hydrogens (tertiary/aromatic N) is 7. The van der Waals surface area contributed by atoms with Gasteiger partial charge in [0, 0.05) is 41.9 Å². The molecule has 2 amide bonds. The molecule has 0 bridgehead atoms. The van der Waals surface area contributed by atoms with Crippen molar-refractivity contribution < 1.29 is 33.8 Å². The Hall–Kier alpha value is -7.11. The first-order valence-corrected chi connectivity index (χ1v) is 22.3. The lowest BCUT2D eigenvalue weighted by Crippen LogP contribution is -2.48. The summed E-state index contributed by atoms with van der Waals surface area (Å²) in [5.41, 5.74) is 14.4. The maximum absolute atomic E-state index is 14.2. The molecule has 17 heteroatoms. The van der Waals surface area contributed by atoms with E-state index in [0.717, 1.165) is 32.8 Å². The molecule has 4 aromatic heterocycles. The maximum Gasteiger partial charge on any atom is 0.254 e. The molecule has 1 fully saturated rings. The number of para-hydroxylation sites is 1. The molecule has 65 heavy (non-hydrogen) atoms. The number of aromatic hydroxyl groups is 1. The normalized spacial score (nSPS) is 16.3. The Morgan fingerprint density at radius 3 is 2.40 bits per heavy atom. The summed E-state index contributed by atoms with van der Waals surface area (Å²) in [6.07, 6.45) is 2.89. The van der Waals surface area contributed by atoms with Gasteiger partial charge in [0.1, 0.15) is 36.7 Å². The van der Waals surface area contributed by atoms with Crippen LogP contribution in [0, 0.1) is 12.8 Å². The largest absolute Gasteiger partial charge is 0.507 e. The molecule has 0 spiro atoms. The summed E-state index contributed by atoms with van der Waals surface area (Å²) in [4.78, 5) is 34.7. The summed E-state index contributed by atoms with van der Waals surface area (Å²) in [6.45, 7) is 10.1. The van der Waals surface area contributed by atoms with Crippen LogP contribution in [0.2, 0.25) is 0 Å². The number of β-amino-alcohol motifs (C(OH)–C–C–N with tert-alkyl or cyclic N) is 1. The zero-order valence-electron chi connectivity index (χ0n) is 36.7. The van der Waals surface area contributed by atoms with E-state index >= 15 is 0 Å². The predicted molar refractivity (Wildman–Crippen MR) is 245 cm³/mol. The number of hydrogen-bond donors (Lipinski definition) is 4. The first kappa shape index (κ1) is 44.5. The smallest absolute Gasteiger partial charge is 0.254 e. The number of aliphatic hydroxyl groups is 1. The third-order valence-corrected chi connectivity index (χ3v) is 12.6. The number of rotatable bonds is 16. The SMILES string of the molecule is Cc1ncsc1-c1ccc([C@H](C)NC(=O)[C@@H]2C[C@@H](O)CN2C(=O)C(c2cc(OCCOc3ccc(C(C)n4cc(-c5cc(-c6ccccc6O)nnc5N)cn4)cc3)no2)C(C)C)cc1. The number of carbonyl (C=O) groups excluding carboxylic acids is 2. The molecule has 1 aliphatic rings. The number of nitrogens with two attached hydrogens (primary N) is 1. The van der Waals surface area contributed by atoms with E-state index in [2.05, 4.69) is 30.8 Å². The van der Waals surface area contributed by atoms with Gasteiger partial charge in [0.15, 0.2) is 11.6 Å². The molecule has 0 aliphatic carbocycles. The number of nitrogen functional groups attached to an aromatic ring is 1. The Labute approximate surface area is 380 Å². The van der Waals surface area contributed by atoms with Crippen LogP contribution in [0.25, 0.3) is 32.8 Å². The second-order valence-electron chi connectivity index (χ2n) is 16.5. The molecule has 0 radical (unpaired) electrons. The first-order valence-electron chi connectivity index (χ1n) is 21.4. The fraction of sp³-hybridized carbons (Fsp3) is 0.312. The number of aromatic nitrogens is 6. The second kappa shape index (κ2) is 19.3. The molecule has 8 rings (SSSR count). The summed E-state index contributed by atoms with van der Waals surface area (Å²) in [7, 11) is 0. The van der Waals surface area contributed by atoms with Crippen molar-refractivity contribution in [2.75, 3.05) is 25.5 Å². The van der Waals surface area contributed by atoms with E-state index in [1.807, 2.05) is 106 Å². The summed E-state index contributed by atoms with van der Waals surface area (Å²) in [5.74, 6) is -0.147. The minimum Gasteiger partial charge on any atom is -0.507 e. The summed E-state index contributed by atoms with van der Waals surface area (Å²) in [5, 5.41) is 41.0. The van der Waals surface area contributed by atoms with Gasteiger partial charge < -0.3 is 40.2 Å². The fourth-order valence-electron chi connectivity index (χ4n) is 8.05. The van der Waals surface area contributed by atoms with E-state index in [-0.39, 0.29) is 73.4 Å². The average Bonchev–Trinajstić information content (AvgIpc) is 4.14. The van der Waals surface area contributed by atoms with Crippen LogP contribution in [0.1, 0.15) is 74.7 Å². The van der Waals surface area contributed by atoms with Gasteiger partial charge in [-0.05, 0) is 78.9 Å². The highest BCUT2D eigenvalue weighted by Crippen LogP contribution is 2.35. The molecule has 5 atom stereocenters. The van der Waals surface area contributed by atoms with Crippen molar-refractivity contribution in [3.63, 3.8) is 0 Å². The zero-order chi connectivity index (χ0) is 45.8. The average molecular weight is 898 g/mol. The van der Waals surface area contributed by atoms with Gasteiger partial charge in [-0.3, -0.25) is 14.3 Å². The number of ether oxygens (including phenoxy) is 2. The van der Waals surface area contributed by atoms with Crippen LogP contribution in [-0.4, -0.2) is 89.0 Å². The molecule has 2 unspecified atom stereocenters. The van der Waals surface area contributed by atoms with Crippen molar-refractivity contribution in [2.24, 2.45) is 5.92 Å². The van der Waals surface area contributed by atoms with Gasteiger partial charge in [-0.25, -0.2) is 4.98 Å². The fourth-order valence-corrected chi connectivity index (χ4v) is 8.86. The zero-order valence-corrected chi connectivity index (χ0v) is 37.5. The Bertz CT molecular complexity index is 2750. The van der Waals surface area contributed by atoms with Gasteiger partial charge in [0.25, 0.3) is 5.88 Å². The van der Waals surface area contributed by atoms with Crippen molar-refractivity contribution in [3.05, 3.63) is 125 Å². The molecule has 3 aromatic carbocycles. The molecule has 7 aromatic rings. The molecule has 1 aliphatic heterocycles. The van der Waals surface area contributed by atoms with Crippen molar-refractivity contribution in [2.45, 2.75) is 71.2 Å². The van der Waals surface area contributed by atoms with E-state index in [0.29, 0.717) is 28.3 Å². The molecule has 5 heterocycles. The van der Waals surface area contributed by atoms with Gasteiger partial charge in [-0.1, -0.05) is 62.4 Å². The van der Waals surface area contributed by atoms with E-state index in [9.17, 15) is 19.8 Å². The van der Waals surface area contributed by atoms with Gasteiger partial charge >= 0.3 is 0 Å². The van der Waals surface area contributed by atoms with E-state index in [4.69, 9.17) is 19.7 Å². The van der Waals surface area contributed by atoms with Crippen molar-refractivity contribution in [1.82, 2.24) is 40.3 Å². The minimum atomic E-state index is -0.853. The van der Waals surface area contributed by atoms with Crippen molar-refractivity contribution >= 4 is 29.0 Å². The van der Waals surface area contributed by atoms with Crippen molar-refractivity contribution in [1.29, 1.82) is 0 Å². The first-order chi connectivity index (χ1) is 31.3. The number of likely N-dealkylation sites (tertiary alicyclic amines) is 1. The van der Waals surface area contributed by atoms with Gasteiger partial charge in [0.05, 0.1) is 46.2 Å². The van der Waals surface area contributed by atoms with Crippen LogP contribution in [0.5, 0.6) is 17.4 Å². The predicted octanol–water partition coefficient (Wildman–Crippen LogP) is 7.36. The number of amides is 2. The van der Waals surface area contributed by atoms with Crippen molar-refractivity contribution in [3.8, 4) is 50.2 Å². The monoisotopic (exact) mass is 897 g/mol. The highest BCUT2D eigenvalue weighted by Gasteiger charge is 2.43. The lowest BCUT2D eigenvalue weighted by Gasteiger charge is -2.29. The third kappa shape index (κ3) is 9.85. The number of aryl methyl sites for hydroxylation is 1. The van der Waals surface area contributed by atoms with Crippen LogP contribution in [0.3, 0.4) is 0 Å². The molecular weight excluding hydrogens is 847 g/mol. The summed E-state index contributed by atoms with van der Waals surface area (Å²) in [6, 6.07) is 24.7. The Morgan fingerprint density at radius 2 is 1.68 bits per heavy atom. The number of phenols is 1. The van der Waals surface area contributed by atoms with E-state index in [1.165, 1.54) is 4.90 Å². The molecule has 0 saturated carbocycles. The number of phenolic OH excluding ortho intramolecular Hbond substituents is 1. The number of hydrogen-bond acceptors (Lipinski definition) is 14. The van der Waals surface area contributed by atoms with Crippen LogP contribution >= 0.6 is 11.3 Å². The second-order valence-corrected chi connectivity index (χ2v) is 17.4. The van der Waals surface area contributed by atoms with Crippen LogP contribution in [0.4, 0.5) is 5.82 Å². The molecule has 5 N–H and O–H groups in total. The molecule has 1 saturated heterocycles. The molecule has 16 nitrogen and oxygen atoms in total. The highest BCUT2D eigenvalue weighted by molar-refractivity contribution is 7.13. The van der Waals surface area contributed by atoms with Crippen LogP contribution in [-0.2, 0) is 9.59 Å². The number of aliphatic hydroxyl groups excluding tert-OH is 1. The summed E-state index contributed by atoms with van der Waals surface area (Å²) >= 11 is 1.58. The quantitative estimate of drug-likeness (QED) is 0.0698. The minimum absolute atomic E-state index is 0.0275. The van der Waals surface area contributed by atoms with Gasteiger partial charge in [0.2, 0.25) is 11.8 Å². The Kier molecular flexibility index (Phi) is 13.2. The summed E-state index contributed by atoms with van der Waals surface area (Å²) < 4.78 is 19.3. The van der Waals surface area contributed by atoms with Crippen LogP contribution < -0.4 is 20.5 Å². The topological polar surface area (TPSA) is 217 Å². The number of thiazole rings is 1. The number of nitrogens with one attached hydrogen (secondary N) is 1. The number of anilines is 1. The Balaban J connectivity index is 0.832. The third-order valence-electron chi connectivity index (χ3n) is 11.7. The van der Waals surface area contributed by atoms with Gasteiger partial charge in [-0.15, -0.1) is 21.5 Å².